The van der Waals surface area contributed by atoms with Crippen LogP contribution in [0, 0.1) is 0 Å². The van der Waals surface area contributed by atoms with Gasteiger partial charge in [-0.25, -0.2) is 4.79 Å². The van der Waals surface area contributed by atoms with Crippen LogP contribution in [0.25, 0.3) is 0 Å². The lowest BCUT2D eigenvalue weighted by molar-refractivity contribution is -0.155. The summed E-state index contributed by atoms with van der Waals surface area (Å²) in [6, 6.07) is 13.5. The van der Waals surface area contributed by atoms with E-state index in [0.29, 0.717) is 21.2 Å². The van der Waals surface area contributed by atoms with Gasteiger partial charge in [-0.3, -0.25) is 0 Å². The van der Waals surface area contributed by atoms with Gasteiger partial charge < -0.3 is 9.84 Å². The number of carbonyl (C=O) groups is 1. The molecule has 20 heavy (non-hydrogen) atoms. The van der Waals surface area contributed by atoms with E-state index in [0.717, 1.165) is 0 Å². The maximum atomic E-state index is 11.8. The monoisotopic (exact) mass is 310 g/mol. The molecule has 2 rings (SSSR count). The Kier molecular flexibility index (Phi) is 5.01. The standard InChI is InChI=1S/C15H12Cl2O3/c16-12-7-6-11(13(17)8-12)9-20-15(19)14(18)10-4-2-1-3-5-10/h1-8,14,18H,9H2/t14-/m0/s1. The van der Waals surface area contributed by atoms with Crippen molar-refractivity contribution in [3.63, 3.8) is 0 Å². The summed E-state index contributed by atoms with van der Waals surface area (Å²) < 4.78 is 5.05. The number of rotatable bonds is 4. The summed E-state index contributed by atoms with van der Waals surface area (Å²) in [6.45, 7) is -0.0151. The summed E-state index contributed by atoms with van der Waals surface area (Å²) in [5, 5.41) is 10.8. The van der Waals surface area contributed by atoms with E-state index in [1.807, 2.05) is 0 Å². The van der Waals surface area contributed by atoms with E-state index in [1.54, 1.807) is 48.5 Å². The number of ether oxygens (including phenoxy) is 1. The van der Waals surface area contributed by atoms with E-state index in [2.05, 4.69) is 0 Å². The molecular weight excluding hydrogens is 299 g/mol. The largest absolute Gasteiger partial charge is 0.459 e. The van der Waals surface area contributed by atoms with Gasteiger partial charge in [0.15, 0.2) is 6.10 Å². The molecule has 0 radical (unpaired) electrons. The average Bonchev–Trinajstić information content (AvgIpc) is 2.46. The van der Waals surface area contributed by atoms with Gasteiger partial charge in [0.2, 0.25) is 0 Å². The molecule has 0 amide bonds. The highest BCUT2D eigenvalue weighted by Gasteiger charge is 2.18. The Hall–Kier alpha value is -1.55. The zero-order valence-corrected chi connectivity index (χ0v) is 11.9. The van der Waals surface area contributed by atoms with Crippen molar-refractivity contribution in [1.82, 2.24) is 0 Å². The molecule has 2 aromatic carbocycles. The Bertz CT molecular complexity index is 599. The molecular formula is C15H12Cl2O3. The molecule has 0 aliphatic carbocycles. The van der Waals surface area contributed by atoms with Gasteiger partial charge in [0.25, 0.3) is 0 Å². The van der Waals surface area contributed by atoms with Crippen molar-refractivity contribution >= 4 is 29.2 Å². The Morgan fingerprint density at radius 1 is 1.15 bits per heavy atom. The fourth-order valence-electron chi connectivity index (χ4n) is 1.64. The molecule has 0 aromatic heterocycles. The summed E-state index contributed by atoms with van der Waals surface area (Å²) in [5.74, 6) is -0.720. The van der Waals surface area contributed by atoms with Crippen molar-refractivity contribution in [1.29, 1.82) is 0 Å². The summed E-state index contributed by atoms with van der Waals surface area (Å²) in [6.07, 6.45) is -1.30. The Morgan fingerprint density at radius 2 is 1.85 bits per heavy atom. The van der Waals surface area contributed by atoms with E-state index < -0.39 is 12.1 Å². The van der Waals surface area contributed by atoms with Gasteiger partial charge in [0.1, 0.15) is 6.61 Å². The Morgan fingerprint density at radius 3 is 2.50 bits per heavy atom. The first-order chi connectivity index (χ1) is 9.58. The second-order valence-electron chi connectivity index (χ2n) is 4.16. The molecule has 0 bridgehead atoms. The lowest BCUT2D eigenvalue weighted by Crippen LogP contribution is -2.15. The van der Waals surface area contributed by atoms with Crippen LogP contribution in [0.3, 0.4) is 0 Å². The minimum absolute atomic E-state index is 0.0151. The topological polar surface area (TPSA) is 46.5 Å². The van der Waals surface area contributed by atoms with Gasteiger partial charge in [-0.05, 0) is 17.7 Å². The molecule has 104 valence electrons. The van der Waals surface area contributed by atoms with Crippen LogP contribution in [0.5, 0.6) is 0 Å². The number of carbonyl (C=O) groups excluding carboxylic acids is 1. The van der Waals surface area contributed by atoms with E-state index in [1.165, 1.54) is 0 Å². The van der Waals surface area contributed by atoms with Crippen molar-refractivity contribution in [3.8, 4) is 0 Å². The van der Waals surface area contributed by atoms with E-state index >= 15 is 0 Å². The minimum Gasteiger partial charge on any atom is -0.459 e. The van der Waals surface area contributed by atoms with Gasteiger partial charge in [0, 0.05) is 15.6 Å². The SMILES string of the molecule is O=C(OCc1ccc(Cl)cc1Cl)[C@@H](O)c1ccccc1. The van der Waals surface area contributed by atoms with E-state index in [9.17, 15) is 9.90 Å². The van der Waals surface area contributed by atoms with Crippen LogP contribution in [0.4, 0.5) is 0 Å². The highest BCUT2D eigenvalue weighted by molar-refractivity contribution is 6.35. The van der Waals surface area contributed by atoms with Crippen LogP contribution in [-0.4, -0.2) is 11.1 Å². The number of hydrogen-bond acceptors (Lipinski definition) is 3. The van der Waals surface area contributed by atoms with E-state index in [4.69, 9.17) is 27.9 Å². The average molecular weight is 311 g/mol. The highest BCUT2D eigenvalue weighted by atomic mass is 35.5. The molecule has 0 saturated heterocycles. The predicted octanol–water partition coefficient (Wildman–Crippen LogP) is 3.77. The number of esters is 1. The van der Waals surface area contributed by atoms with Crippen molar-refractivity contribution in [2.24, 2.45) is 0 Å². The minimum atomic E-state index is -1.30. The normalized spacial score (nSPS) is 11.9. The number of hydrogen-bond donors (Lipinski definition) is 1. The molecule has 1 N–H and O–H groups in total. The number of halogens is 2. The van der Waals surface area contributed by atoms with Crippen molar-refractivity contribution < 1.29 is 14.6 Å². The molecule has 0 aliphatic heterocycles. The van der Waals surface area contributed by atoms with Crippen molar-refractivity contribution in [2.75, 3.05) is 0 Å². The summed E-state index contributed by atoms with van der Waals surface area (Å²) in [5.41, 5.74) is 1.12. The van der Waals surface area contributed by atoms with Gasteiger partial charge in [0.05, 0.1) is 0 Å². The summed E-state index contributed by atoms with van der Waals surface area (Å²) in [7, 11) is 0. The molecule has 0 saturated carbocycles. The van der Waals surface area contributed by atoms with Crippen LogP contribution >= 0.6 is 23.2 Å². The van der Waals surface area contributed by atoms with Crippen molar-refractivity contribution in [2.45, 2.75) is 12.7 Å². The first kappa shape index (κ1) is 14.9. The van der Waals surface area contributed by atoms with Crippen LogP contribution in [0.15, 0.2) is 48.5 Å². The number of benzene rings is 2. The van der Waals surface area contributed by atoms with Crippen molar-refractivity contribution in [3.05, 3.63) is 69.7 Å². The molecule has 3 nitrogen and oxygen atoms in total. The highest BCUT2D eigenvalue weighted by Crippen LogP contribution is 2.22. The zero-order chi connectivity index (χ0) is 14.5. The first-order valence-corrected chi connectivity index (χ1v) is 6.67. The summed E-state index contributed by atoms with van der Waals surface area (Å²) in [4.78, 5) is 11.8. The van der Waals surface area contributed by atoms with Gasteiger partial charge in [-0.15, -0.1) is 0 Å². The Balaban J connectivity index is 1.98. The molecule has 2 aromatic rings. The zero-order valence-electron chi connectivity index (χ0n) is 10.4. The second-order valence-corrected chi connectivity index (χ2v) is 5.00. The van der Waals surface area contributed by atoms with Gasteiger partial charge in [-0.2, -0.15) is 0 Å². The lowest BCUT2D eigenvalue weighted by Gasteiger charge is -2.11. The third kappa shape index (κ3) is 3.73. The number of aliphatic hydroxyl groups excluding tert-OH is 1. The molecule has 0 spiro atoms. The maximum absolute atomic E-state index is 11.8. The smallest absolute Gasteiger partial charge is 0.339 e. The molecule has 0 unspecified atom stereocenters. The van der Waals surface area contributed by atoms with Crippen LogP contribution in [0.1, 0.15) is 17.2 Å². The molecule has 0 heterocycles. The fraction of sp³-hybridized carbons (Fsp3) is 0.133. The van der Waals surface area contributed by atoms with Crippen LogP contribution in [0.2, 0.25) is 10.0 Å². The fourth-order valence-corrected chi connectivity index (χ4v) is 2.10. The molecule has 0 aliphatic rings. The maximum Gasteiger partial charge on any atom is 0.339 e. The summed E-state index contributed by atoms with van der Waals surface area (Å²) >= 11 is 11.7. The molecule has 0 fully saturated rings. The molecule has 5 heteroatoms. The van der Waals surface area contributed by atoms with Gasteiger partial charge >= 0.3 is 5.97 Å². The van der Waals surface area contributed by atoms with E-state index in [-0.39, 0.29) is 6.61 Å². The quantitative estimate of drug-likeness (QED) is 0.874. The lowest BCUT2D eigenvalue weighted by atomic mass is 10.1. The predicted molar refractivity (Wildman–Crippen MR) is 77.7 cm³/mol. The van der Waals surface area contributed by atoms with Crippen LogP contribution < -0.4 is 0 Å². The van der Waals surface area contributed by atoms with Crippen LogP contribution in [-0.2, 0) is 16.1 Å². The van der Waals surface area contributed by atoms with Gasteiger partial charge in [-0.1, -0.05) is 59.6 Å². The second kappa shape index (κ2) is 6.75. The Labute approximate surface area is 126 Å². The number of aliphatic hydroxyl groups is 1. The third-order valence-electron chi connectivity index (χ3n) is 2.72. The third-order valence-corrected chi connectivity index (χ3v) is 3.31. The first-order valence-electron chi connectivity index (χ1n) is 5.91. The molecule has 1 atom stereocenters.